The predicted molar refractivity (Wildman–Crippen MR) is 121 cm³/mol. The van der Waals surface area contributed by atoms with Crippen LogP contribution in [0.4, 0.5) is 9.18 Å². The van der Waals surface area contributed by atoms with Crippen molar-refractivity contribution in [1.82, 2.24) is 24.6 Å². The van der Waals surface area contributed by atoms with Crippen LogP contribution in [0.25, 0.3) is 10.9 Å². The van der Waals surface area contributed by atoms with Gasteiger partial charge in [0.2, 0.25) is 12.3 Å². The molecule has 0 unspecified atom stereocenters. The maximum atomic E-state index is 13.2. The van der Waals surface area contributed by atoms with Crippen molar-refractivity contribution < 1.29 is 18.7 Å². The fourth-order valence-corrected chi connectivity index (χ4v) is 3.39. The number of benzene rings is 1. The largest absolute Gasteiger partial charge is 0.481 e. The third kappa shape index (κ3) is 5.73. The molecule has 0 aliphatic rings. The molecule has 0 aliphatic heterocycles. The van der Waals surface area contributed by atoms with Gasteiger partial charge in [-0.2, -0.15) is 5.10 Å². The van der Waals surface area contributed by atoms with Crippen molar-refractivity contribution in [3.05, 3.63) is 77.1 Å². The molecule has 4 rings (SSSR count). The van der Waals surface area contributed by atoms with Gasteiger partial charge in [-0.3, -0.25) is 14.8 Å². The van der Waals surface area contributed by atoms with E-state index in [2.05, 4.69) is 33.5 Å². The summed E-state index contributed by atoms with van der Waals surface area (Å²) in [6.07, 6.45) is 6.89. The number of urea groups is 1. The summed E-state index contributed by atoms with van der Waals surface area (Å²) >= 11 is 0. The molecule has 172 valence electrons. The predicted octanol–water partition coefficient (Wildman–Crippen LogP) is 2.68. The first-order chi connectivity index (χ1) is 15.8. The third-order valence-electron chi connectivity index (χ3n) is 5.22. The maximum Gasteiger partial charge on any atom is 0.318 e. The monoisotopic (exact) mass is 452 g/mol. The molecule has 0 aliphatic carbocycles. The number of fused-ring (bicyclic) bond motifs is 1. The van der Waals surface area contributed by atoms with Gasteiger partial charge in [0.1, 0.15) is 5.82 Å². The minimum atomic E-state index is -0.829. The zero-order valence-electron chi connectivity index (χ0n) is 18.6. The molecule has 0 bridgehead atoms. The summed E-state index contributed by atoms with van der Waals surface area (Å²) in [5, 5.41) is 7.12. The minimum Gasteiger partial charge on any atom is -0.481 e. The number of amides is 3. The molecule has 3 amide bonds. The lowest BCUT2D eigenvalue weighted by atomic mass is 10.1. The Labute approximate surface area is 190 Å². The Balaban J connectivity index is 0.000000454. The van der Waals surface area contributed by atoms with Crippen molar-refractivity contribution in [2.75, 3.05) is 7.11 Å². The van der Waals surface area contributed by atoms with E-state index in [1.54, 1.807) is 12.4 Å². The number of halogens is 1. The number of aryl methyl sites for hydroxylation is 1. The van der Waals surface area contributed by atoms with Crippen molar-refractivity contribution in [2.45, 2.75) is 19.9 Å². The minimum absolute atomic E-state index is 0.225. The molecule has 0 atom stereocenters. The fourth-order valence-electron chi connectivity index (χ4n) is 3.39. The molecule has 3 N–H and O–H groups in total. The van der Waals surface area contributed by atoms with Crippen LogP contribution in [-0.4, -0.2) is 38.9 Å². The normalized spacial score (nSPS) is 10.4. The summed E-state index contributed by atoms with van der Waals surface area (Å²) in [6, 6.07) is 7.73. The number of ether oxygens (including phenoxy) is 1. The van der Waals surface area contributed by atoms with Crippen LogP contribution in [0.15, 0.2) is 48.9 Å². The highest BCUT2D eigenvalue weighted by Crippen LogP contribution is 2.27. The van der Waals surface area contributed by atoms with Crippen molar-refractivity contribution in [3.8, 4) is 5.88 Å². The quantitative estimate of drug-likeness (QED) is 0.436. The van der Waals surface area contributed by atoms with Crippen molar-refractivity contribution in [3.63, 3.8) is 0 Å². The number of carbonyl (C=O) groups is 2. The van der Waals surface area contributed by atoms with Gasteiger partial charge in [-0.1, -0.05) is 12.1 Å². The first-order valence-electron chi connectivity index (χ1n) is 10.1. The van der Waals surface area contributed by atoms with Gasteiger partial charge in [0.15, 0.2) is 0 Å². The van der Waals surface area contributed by atoms with Crippen molar-refractivity contribution in [2.24, 2.45) is 12.8 Å². The Morgan fingerprint density at radius 1 is 1.24 bits per heavy atom. The molecule has 4 aromatic rings. The van der Waals surface area contributed by atoms with E-state index in [9.17, 15) is 14.0 Å². The Morgan fingerprint density at radius 3 is 2.52 bits per heavy atom. The lowest BCUT2D eigenvalue weighted by Gasteiger charge is -2.06. The second-order valence-corrected chi connectivity index (χ2v) is 7.33. The van der Waals surface area contributed by atoms with E-state index in [1.165, 1.54) is 23.3 Å². The van der Waals surface area contributed by atoms with Crippen LogP contribution in [0.3, 0.4) is 0 Å². The summed E-state index contributed by atoms with van der Waals surface area (Å²) in [4.78, 5) is 23.0. The van der Waals surface area contributed by atoms with Crippen LogP contribution in [0, 0.1) is 12.7 Å². The van der Waals surface area contributed by atoms with Crippen LogP contribution >= 0.6 is 0 Å². The van der Waals surface area contributed by atoms with Gasteiger partial charge in [0.25, 0.3) is 0 Å². The standard InChI is InChI=1S/C21H21FN4O.C2H4N2O2/c1-14-16(10-24-25(14)2)8-17-13-26(12-15-4-6-18(22)7-5-15)20-11-23-21(27-3)9-19(17)20;3-2(6)4-1-5/h4-7,9-11,13H,8,12H2,1-3H3;1H,(H3,3,4,5,6). The molecule has 3 aromatic heterocycles. The van der Waals surface area contributed by atoms with E-state index in [1.807, 2.05) is 42.3 Å². The summed E-state index contributed by atoms with van der Waals surface area (Å²) in [5.74, 6) is 0.362. The maximum absolute atomic E-state index is 13.2. The highest BCUT2D eigenvalue weighted by Gasteiger charge is 2.14. The molecule has 3 heterocycles. The van der Waals surface area contributed by atoms with E-state index in [4.69, 9.17) is 4.74 Å². The SMILES string of the molecule is COc1cc2c(Cc3cnn(C)c3C)cn(Cc3ccc(F)cc3)c2cn1.NC(=O)NC=O. The number of hydrogen-bond acceptors (Lipinski definition) is 5. The van der Waals surface area contributed by atoms with Gasteiger partial charge < -0.3 is 15.0 Å². The van der Waals surface area contributed by atoms with Gasteiger partial charge >= 0.3 is 6.03 Å². The van der Waals surface area contributed by atoms with Crippen LogP contribution in [0.5, 0.6) is 5.88 Å². The fraction of sp³-hybridized carbons (Fsp3) is 0.217. The number of nitrogens with zero attached hydrogens (tertiary/aromatic N) is 4. The first kappa shape index (κ1) is 23.5. The Hall–Kier alpha value is -4.21. The Kier molecular flexibility index (Phi) is 7.39. The average Bonchev–Trinajstić information content (AvgIpc) is 3.30. The smallest absolute Gasteiger partial charge is 0.318 e. The van der Waals surface area contributed by atoms with E-state index in [-0.39, 0.29) is 12.2 Å². The van der Waals surface area contributed by atoms with Crippen LogP contribution in [0.1, 0.15) is 22.4 Å². The highest BCUT2D eigenvalue weighted by molar-refractivity contribution is 5.84. The lowest BCUT2D eigenvalue weighted by molar-refractivity contribution is -0.108. The molecule has 0 radical (unpaired) electrons. The molecule has 1 aromatic carbocycles. The topological polar surface area (TPSA) is 117 Å². The third-order valence-corrected chi connectivity index (χ3v) is 5.22. The van der Waals surface area contributed by atoms with Crippen LogP contribution in [0.2, 0.25) is 0 Å². The molecular weight excluding hydrogens is 427 g/mol. The number of hydrogen-bond donors (Lipinski definition) is 2. The van der Waals surface area contributed by atoms with E-state index in [0.717, 1.165) is 28.6 Å². The highest BCUT2D eigenvalue weighted by atomic mass is 19.1. The molecule has 10 heteroatoms. The second kappa shape index (κ2) is 10.4. The number of nitrogens with one attached hydrogen (secondary N) is 1. The zero-order valence-corrected chi connectivity index (χ0v) is 18.6. The molecule has 9 nitrogen and oxygen atoms in total. The number of carbonyl (C=O) groups excluding carboxylic acids is 2. The number of primary amides is 1. The second-order valence-electron chi connectivity index (χ2n) is 7.33. The first-order valence-corrected chi connectivity index (χ1v) is 10.1. The molecule has 0 saturated carbocycles. The summed E-state index contributed by atoms with van der Waals surface area (Å²) in [6.45, 7) is 2.72. The van der Waals surface area contributed by atoms with Gasteiger partial charge in [-0.05, 0) is 35.7 Å². The number of nitrogens with two attached hydrogens (primary N) is 1. The van der Waals surface area contributed by atoms with Gasteiger partial charge in [-0.15, -0.1) is 0 Å². The molecule has 0 spiro atoms. The van der Waals surface area contributed by atoms with E-state index < -0.39 is 6.03 Å². The molecule has 33 heavy (non-hydrogen) atoms. The summed E-state index contributed by atoms with van der Waals surface area (Å²) in [5.41, 5.74) is 10.0. The molecule has 0 saturated heterocycles. The van der Waals surface area contributed by atoms with Gasteiger partial charge in [-0.25, -0.2) is 14.2 Å². The number of pyridine rings is 1. The summed E-state index contributed by atoms with van der Waals surface area (Å²) in [7, 11) is 3.57. The number of rotatable bonds is 6. The van der Waals surface area contributed by atoms with Gasteiger partial charge in [0, 0.05) is 43.4 Å². The van der Waals surface area contributed by atoms with Crippen molar-refractivity contribution >= 4 is 23.3 Å². The average molecular weight is 452 g/mol. The van der Waals surface area contributed by atoms with Crippen LogP contribution in [-0.2, 0) is 24.8 Å². The van der Waals surface area contributed by atoms with Crippen LogP contribution < -0.4 is 15.8 Å². The number of methoxy groups -OCH3 is 1. The van der Waals surface area contributed by atoms with Gasteiger partial charge in [0.05, 0.1) is 25.0 Å². The Morgan fingerprint density at radius 2 is 1.97 bits per heavy atom. The lowest BCUT2D eigenvalue weighted by Crippen LogP contribution is -2.27. The number of imide groups is 1. The Bertz CT molecular complexity index is 1260. The molecular formula is C23H25FN6O3. The van der Waals surface area contributed by atoms with Crippen molar-refractivity contribution in [1.29, 1.82) is 0 Å². The van der Waals surface area contributed by atoms with E-state index >= 15 is 0 Å². The number of aromatic nitrogens is 4. The summed E-state index contributed by atoms with van der Waals surface area (Å²) < 4.78 is 22.6. The zero-order chi connectivity index (χ0) is 24.0. The molecule has 0 fully saturated rings. The van der Waals surface area contributed by atoms with E-state index in [0.29, 0.717) is 12.4 Å².